The monoisotopic (exact) mass is 746 g/mol. The first kappa shape index (κ1) is 34.3. The van der Waals surface area contributed by atoms with Gasteiger partial charge in [0.15, 0.2) is 5.78 Å². The van der Waals surface area contributed by atoms with Crippen LogP contribution in [-0.4, -0.2) is 10.4 Å². The van der Waals surface area contributed by atoms with E-state index in [-0.39, 0.29) is 16.6 Å². The molecule has 1 aromatic heterocycles. The molecule has 0 saturated heterocycles. The summed E-state index contributed by atoms with van der Waals surface area (Å²) in [6.45, 7) is 9.13. The van der Waals surface area contributed by atoms with Crippen molar-refractivity contribution in [2.24, 2.45) is 0 Å². The SMILES string of the molecule is CC1(C)c2ccccc2C(=O)c2cc(-c3ccc4c(c3)c3ccc(N(c5ccccc5)c5ccc6c(c5)C(C)(C)c5ccccc5-6)cc3n4-c3ccccc3)ccc21. The summed E-state index contributed by atoms with van der Waals surface area (Å²) < 4.78 is 2.39. The number of carbonyl (C=O) groups is 1. The average molecular weight is 747 g/mol. The average Bonchev–Trinajstić information content (AvgIpc) is 3.70. The number of carbonyl (C=O) groups excluding carboxylic acids is 1. The van der Waals surface area contributed by atoms with Gasteiger partial charge in [0.25, 0.3) is 0 Å². The topological polar surface area (TPSA) is 25.2 Å². The van der Waals surface area contributed by atoms with Gasteiger partial charge >= 0.3 is 0 Å². The van der Waals surface area contributed by atoms with Gasteiger partial charge in [-0.05, 0) is 111 Å². The van der Waals surface area contributed by atoms with Crippen LogP contribution in [0.1, 0.15) is 65.9 Å². The summed E-state index contributed by atoms with van der Waals surface area (Å²) >= 11 is 0. The van der Waals surface area contributed by atoms with Gasteiger partial charge in [-0.1, -0.05) is 143 Å². The summed E-state index contributed by atoms with van der Waals surface area (Å²) in [5.41, 5.74) is 17.5. The lowest BCUT2D eigenvalue weighted by Crippen LogP contribution is -2.30. The van der Waals surface area contributed by atoms with E-state index in [2.05, 4.69) is 201 Å². The lowest BCUT2D eigenvalue weighted by Gasteiger charge is -2.34. The summed E-state index contributed by atoms with van der Waals surface area (Å²) in [5, 5.41) is 2.34. The lowest BCUT2D eigenvalue weighted by molar-refractivity contribution is 0.103. The van der Waals surface area contributed by atoms with E-state index in [4.69, 9.17) is 0 Å². The van der Waals surface area contributed by atoms with Crippen LogP contribution in [0.5, 0.6) is 0 Å². The quantitative estimate of drug-likeness (QED) is 0.175. The van der Waals surface area contributed by atoms with E-state index < -0.39 is 0 Å². The van der Waals surface area contributed by atoms with Crippen molar-refractivity contribution in [3.05, 3.63) is 215 Å². The van der Waals surface area contributed by atoms with Gasteiger partial charge in [-0.15, -0.1) is 0 Å². The minimum absolute atomic E-state index is 0.0977. The van der Waals surface area contributed by atoms with Crippen LogP contribution in [0, 0.1) is 0 Å². The summed E-state index contributed by atoms with van der Waals surface area (Å²) in [4.78, 5) is 16.3. The molecule has 58 heavy (non-hydrogen) atoms. The molecule has 0 spiro atoms. The predicted molar refractivity (Wildman–Crippen MR) is 240 cm³/mol. The Hall–Kier alpha value is -6.97. The lowest BCUT2D eigenvalue weighted by atomic mass is 9.68. The van der Waals surface area contributed by atoms with E-state index >= 15 is 0 Å². The normalized spacial score (nSPS) is 14.5. The highest BCUT2D eigenvalue weighted by Gasteiger charge is 2.37. The number of nitrogens with zero attached hydrogens (tertiary/aromatic N) is 2. The number of ketones is 1. The standard InChI is InChI=1S/C55H42N2O/c1-54(2)48-22-14-12-20-44(48)53(58)46-32-35(23-29-49(46)54)36-24-30-51-45(31-36)43-28-26-40(34-52(43)57(51)38-17-9-6-10-18-38)56(37-15-7-5-8-16-37)39-25-27-42-41-19-11-13-21-47(41)55(3,4)50(42)33-39/h5-34H,1-4H3. The van der Waals surface area contributed by atoms with Crippen molar-refractivity contribution >= 4 is 44.7 Å². The Kier molecular flexibility index (Phi) is 7.40. The minimum atomic E-state index is -0.266. The minimum Gasteiger partial charge on any atom is -0.310 e. The molecule has 2 aliphatic rings. The van der Waals surface area contributed by atoms with E-state index in [1.165, 1.54) is 33.0 Å². The first-order valence-corrected chi connectivity index (χ1v) is 20.2. The molecule has 8 aromatic carbocycles. The van der Waals surface area contributed by atoms with Crippen molar-refractivity contribution < 1.29 is 4.79 Å². The van der Waals surface area contributed by atoms with Crippen molar-refractivity contribution in [1.29, 1.82) is 0 Å². The molecule has 0 atom stereocenters. The van der Waals surface area contributed by atoms with Crippen molar-refractivity contribution in [1.82, 2.24) is 4.57 Å². The largest absolute Gasteiger partial charge is 0.310 e. The first-order chi connectivity index (χ1) is 28.2. The van der Waals surface area contributed by atoms with Gasteiger partial charge in [-0.25, -0.2) is 0 Å². The number of hydrogen-bond donors (Lipinski definition) is 0. The molecule has 9 aromatic rings. The zero-order valence-electron chi connectivity index (χ0n) is 33.1. The van der Waals surface area contributed by atoms with Crippen molar-refractivity contribution in [2.75, 3.05) is 4.90 Å². The summed E-state index contributed by atoms with van der Waals surface area (Å²) in [6, 6.07) is 65.3. The van der Waals surface area contributed by atoms with Crippen LogP contribution in [0.15, 0.2) is 182 Å². The van der Waals surface area contributed by atoms with Gasteiger partial charge in [0, 0.05) is 55.5 Å². The number of anilines is 3. The van der Waals surface area contributed by atoms with Crippen LogP contribution in [-0.2, 0) is 10.8 Å². The number of aromatic nitrogens is 1. The Balaban J connectivity index is 1.08. The highest BCUT2D eigenvalue weighted by Crippen LogP contribution is 2.51. The molecule has 0 aliphatic heterocycles. The van der Waals surface area contributed by atoms with Gasteiger partial charge in [0.05, 0.1) is 11.0 Å². The van der Waals surface area contributed by atoms with E-state index in [1.807, 2.05) is 18.2 Å². The van der Waals surface area contributed by atoms with Crippen LogP contribution < -0.4 is 4.90 Å². The highest BCUT2D eigenvalue weighted by molar-refractivity contribution is 6.14. The third-order valence-corrected chi connectivity index (χ3v) is 13.0. The van der Waals surface area contributed by atoms with Crippen LogP contribution >= 0.6 is 0 Å². The molecule has 2 aliphatic carbocycles. The summed E-state index contributed by atoms with van der Waals surface area (Å²) in [6.07, 6.45) is 0. The fourth-order valence-electron chi connectivity index (χ4n) is 10.0. The fourth-order valence-corrected chi connectivity index (χ4v) is 10.0. The number of rotatable bonds is 5. The molecule has 11 rings (SSSR count). The maximum Gasteiger partial charge on any atom is 0.193 e. The van der Waals surface area contributed by atoms with E-state index in [9.17, 15) is 4.79 Å². The molecule has 3 heteroatoms. The van der Waals surface area contributed by atoms with Gasteiger partial charge in [-0.3, -0.25) is 4.79 Å². The van der Waals surface area contributed by atoms with Crippen molar-refractivity contribution in [2.45, 2.75) is 38.5 Å². The van der Waals surface area contributed by atoms with Gasteiger partial charge in [0.1, 0.15) is 0 Å². The number of hydrogen-bond acceptors (Lipinski definition) is 2. The number of benzene rings is 8. The molecule has 1 heterocycles. The van der Waals surface area contributed by atoms with E-state index in [1.54, 1.807) is 0 Å². The number of para-hydroxylation sites is 2. The number of fused-ring (bicyclic) bond motifs is 8. The molecule has 0 radical (unpaired) electrons. The molecule has 0 unspecified atom stereocenters. The van der Waals surface area contributed by atoms with Gasteiger partial charge in [-0.2, -0.15) is 0 Å². The van der Waals surface area contributed by atoms with E-state index in [0.717, 1.165) is 67.2 Å². The molecule has 3 nitrogen and oxygen atoms in total. The molecule has 278 valence electrons. The second kappa shape index (κ2) is 12.5. The van der Waals surface area contributed by atoms with Gasteiger partial charge < -0.3 is 9.47 Å². The smallest absolute Gasteiger partial charge is 0.193 e. The molecule has 0 amide bonds. The van der Waals surface area contributed by atoms with Gasteiger partial charge in [0.2, 0.25) is 0 Å². The van der Waals surface area contributed by atoms with Crippen LogP contribution in [0.3, 0.4) is 0 Å². The van der Waals surface area contributed by atoms with E-state index in [0.29, 0.717) is 0 Å². The zero-order valence-corrected chi connectivity index (χ0v) is 33.1. The first-order valence-electron chi connectivity index (χ1n) is 20.2. The molecule has 0 N–H and O–H groups in total. The summed E-state index contributed by atoms with van der Waals surface area (Å²) in [7, 11) is 0. The van der Waals surface area contributed by atoms with Crippen LogP contribution in [0.25, 0.3) is 49.7 Å². The highest BCUT2D eigenvalue weighted by atomic mass is 16.1. The van der Waals surface area contributed by atoms with Crippen molar-refractivity contribution in [3.63, 3.8) is 0 Å². The zero-order chi connectivity index (χ0) is 39.3. The Bertz CT molecular complexity index is 3130. The van der Waals surface area contributed by atoms with Crippen molar-refractivity contribution in [3.8, 4) is 27.9 Å². The Labute approximate surface area is 339 Å². The molecular formula is C55H42N2O. The molecule has 0 saturated carbocycles. The molecule has 0 bridgehead atoms. The maximum atomic E-state index is 14.0. The second-order valence-electron chi connectivity index (χ2n) is 16.9. The Morgan fingerprint density at radius 3 is 1.74 bits per heavy atom. The third-order valence-electron chi connectivity index (χ3n) is 13.0. The van der Waals surface area contributed by atoms with Crippen LogP contribution in [0.4, 0.5) is 17.1 Å². The second-order valence-corrected chi connectivity index (χ2v) is 16.9. The Morgan fingerprint density at radius 2 is 0.966 bits per heavy atom. The molecular weight excluding hydrogens is 705 g/mol. The Morgan fingerprint density at radius 1 is 0.397 bits per heavy atom. The third kappa shape index (κ3) is 4.96. The molecule has 0 fully saturated rings. The maximum absolute atomic E-state index is 14.0. The summed E-state index contributed by atoms with van der Waals surface area (Å²) in [5.74, 6) is 0.0977. The van der Waals surface area contributed by atoms with Crippen LogP contribution in [0.2, 0.25) is 0 Å². The predicted octanol–water partition coefficient (Wildman–Crippen LogP) is 14.1. The fraction of sp³-hybridized carbons (Fsp3) is 0.109.